The second kappa shape index (κ2) is 5.37. The van der Waals surface area contributed by atoms with Crippen molar-refractivity contribution < 1.29 is 18.3 Å². The van der Waals surface area contributed by atoms with Gasteiger partial charge >= 0.3 is 6.18 Å². The largest absolute Gasteiger partial charge is 0.401 e. The SMILES string of the molecule is CCN(CCCO)CC(F)(F)F. The van der Waals surface area contributed by atoms with Crippen molar-refractivity contribution in [1.82, 2.24) is 4.90 Å². The molecule has 0 heterocycles. The number of hydrogen-bond donors (Lipinski definition) is 1. The zero-order valence-electron chi connectivity index (χ0n) is 7.06. The van der Waals surface area contributed by atoms with Gasteiger partial charge in [-0.05, 0) is 13.0 Å². The van der Waals surface area contributed by atoms with Gasteiger partial charge in [0.2, 0.25) is 0 Å². The highest BCUT2D eigenvalue weighted by Crippen LogP contribution is 2.16. The molecule has 0 aromatic rings. The Balaban J connectivity index is 3.67. The van der Waals surface area contributed by atoms with E-state index in [1.165, 1.54) is 4.90 Å². The summed E-state index contributed by atoms with van der Waals surface area (Å²) >= 11 is 0. The minimum atomic E-state index is -4.13. The van der Waals surface area contributed by atoms with Crippen molar-refractivity contribution in [3.63, 3.8) is 0 Å². The van der Waals surface area contributed by atoms with E-state index in [0.29, 0.717) is 19.5 Å². The lowest BCUT2D eigenvalue weighted by Crippen LogP contribution is -2.35. The fourth-order valence-electron chi connectivity index (χ4n) is 0.897. The molecule has 0 aliphatic carbocycles. The van der Waals surface area contributed by atoms with Gasteiger partial charge in [0.05, 0.1) is 6.54 Å². The lowest BCUT2D eigenvalue weighted by Gasteiger charge is -2.21. The molecule has 0 aliphatic heterocycles. The van der Waals surface area contributed by atoms with Gasteiger partial charge in [-0.2, -0.15) is 13.2 Å². The van der Waals surface area contributed by atoms with Gasteiger partial charge in [0, 0.05) is 13.2 Å². The van der Waals surface area contributed by atoms with Crippen LogP contribution in [0.3, 0.4) is 0 Å². The van der Waals surface area contributed by atoms with Crippen molar-refractivity contribution in [3.8, 4) is 0 Å². The van der Waals surface area contributed by atoms with Crippen molar-refractivity contribution in [2.45, 2.75) is 19.5 Å². The highest BCUT2D eigenvalue weighted by atomic mass is 19.4. The molecule has 0 aromatic heterocycles. The average molecular weight is 185 g/mol. The monoisotopic (exact) mass is 185 g/mol. The minimum Gasteiger partial charge on any atom is -0.396 e. The second-order valence-electron chi connectivity index (χ2n) is 2.56. The molecular weight excluding hydrogens is 171 g/mol. The standard InChI is InChI=1S/C7H14F3NO/c1-2-11(4-3-5-12)6-7(8,9)10/h12H,2-6H2,1H3. The Morgan fingerprint density at radius 3 is 2.25 bits per heavy atom. The van der Waals surface area contributed by atoms with Crippen molar-refractivity contribution in [3.05, 3.63) is 0 Å². The van der Waals surface area contributed by atoms with E-state index in [4.69, 9.17) is 5.11 Å². The van der Waals surface area contributed by atoms with E-state index in [2.05, 4.69) is 0 Å². The van der Waals surface area contributed by atoms with E-state index in [0.717, 1.165) is 0 Å². The number of rotatable bonds is 5. The predicted octanol–water partition coefficient (Wildman–Crippen LogP) is 1.25. The Labute approximate surface area is 70.0 Å². The first kappa shape index (κ1) is 11.7. The summed E-state index contributed by atoms with van der Waals surface area (Å²) < 4.78 is 35.4. The van der Waals surface area contributed by atoms with Gasteiger partial charge in [-0.15, -0.1) is 0 Å². The predicted molar refractivity (Wildman–Crippen MR) is 39.9 cm³/mol. The summed E-state index contributed by atoms with van der Waals surface area (Å²) in [6, 6.07) is 0. The number of aliphatic hydroxyl groups excluding tert-OH is 1. The van der Waals surface area contributed by atoms with Crippen molar-refractivity contribution in [2.24, 2.45) is 0 Å². The fourth-order valence-corrected chi connectivity index (χ4v) is 0.897. The van der Waals surface area contributed by atoms with E-state index in [9.17, 15) is 13.2 Å². The number of nitrogens with zero attached hydrogens (tertiary/aromatic N) is 1. The van der Waals surface area contributed by atoms with Crippen LogP contribution in [0, 0.1) is 0 Å². The van der Waals surface area contributed by atoms with Crippen LogP contribution >= 0.6 is 0 Å². The number of hydrogen-bond acceptors (Lipinski definition) is 2. The first-order valence-corrected chi connectivity index (χ1v) is 3.89. The van der Waals surface area contributed by atoms with Gasteiger partial charge in [-0.1, -0.05) is 6.92 Å². The summed E-state index contributed by atoms with van der Waals surface area (Å²) in [5.41, 5.74) is 0. The van der Waals surface area contributed by atoms with Gasteiger partial charge in [-0.3, -0.25) is 4.90 Å². The van der Waals surface area contributed by atoms with E-state index in [-0.39, 0.29) is 6.61 Å². The van der Waals surface area contributed by atoms with Gasteiger partial charge in [0.15, 0.2) is 0 Å². The van der Waals surface area contributed by atoms with Crippen LogP contribution in [0.5, 0.6) is 0 Å². The number of alkyl halides is 3. The zero-order chi connectivity index (χ0) is 9.61. The molecule has 0 bridgehead atoms. The molecule has 2 nitrogen and oxygen atoms in total. The van der Waals surface area contributed by atoms with Gasteiger partial charge in [0.25, 0.3) is 0 Å². The van der Waals surface area contributed by atoms with Crippen LogP contribution in [-0.4, -0.2) is 42.4 Å². The number of halogens is 3. The molecule has 0 radical (unpaired) electrons. The van der Waals surface area contributed by atoms with Crippen LogP contribution in [0.25, 0.3) is 0 Å². The molecule has 0 atom stereocenters. The third-order valence-electron chi connectivity index (χ3n) is 1.48. The van der Waals surface area contributed by atoms with Crippen LogP contribution in [0.1, 0.15) is 13.3 Å². The van der Waals surface area contributed by atoms with Crippen LogP contribution < -0.4 is 0 Å². The Kier molecular flexibility index (Phi) is 5.24. The maximum absolute atomic E-state index is 11.8. The lowest BCUT2D eigenvalue weighted by atomic mass is 10.4. The lowest BCUT2D eigenvalue weighted by molar-refractivity contribution is -0.145. The quantitative estimate of drug-likeness (QED) is 0.696. The fraction of sp³-hybridized carbons (Fsp3) is 1.00. The third-order valence-corrected chi connectivity index (χ3v) is 1.48. The molecule has 0 saturated heterocycles. The van der Waals surface area contributed by atoms with Gasteiger partial charge in [-0.25, -0.2) is 0 Å². The Morgan fingerprint density at radius 2 is 1.92 bits per heavy atom. The normalized spacial score (nSPS) is 12.5. The van der Waals surface area contributed by atoms with Crippen LogP contribution in [0.2, 0.25) is 0 Å². The molecule has 74 valence electrons. The molecule has 0 saturated carbocycles. The average Bonchev–Trinajstić information content (AvgIpc) is 1.95. The molecular formula is C7H14F3NO. The molecule has 0 rings (SSSR count). The Hall–Kier alpha value is -0.290. The van der Waals surface area contributed by atoms with E-state index in [1.54, 1.807) is 6.92 Å². The van der Waals surface area contributed by atoms with Crippen molar-refractivity contribution >= 4 is 0 Å². The molecule has 0 spiro atoms. The maximum atomic E-state index is 11.8. The van der Waals surface area contributed by atoms with Crippen molar-refractivity contribution in [1.29, 1.82) is 0 Å². The first-order valence-electron chi connectivity index (χ1n) is 3.89. The Morgan fingerprint density at radius 1 is 1.33 bits per heavy atom. The van der Waals surface area contributed by atoms with Crippen LogP contribution in [0.4, 0.5) is 13.2 Å². The highest BCUT2D eigenvalue weighted by Gasteiger charge is 2.29. The Bertz CT molecular complexity index is 116. The van der Waals surface area contributed by atoms with Crippen LogP contribution in [-0.2, 0) is 0 Å². The summed E-state index contributed by atoms with van der Waals surface area (Å²) in [6.07, 6.45) is -3.74. The molecule has 5 heteroatoms. The summed E-state index contributed by atoms with van der Waals surface area (Å²) in [5.74, 6) is 0. The topological polar surface area (TPSA) is 23.5 Å². The van der Waals surface area contributed by atoms with E-state index >= 15 is 0 Å². The van der Waals surface area contributed by atoms with E-state index < -0.39 is 12.7 Å². The summed E-state index contributed by atoms with van der Waals surface area (Å²) in [4.78, 5) is 1.26. The third kappa shape index (κ3) is 6.42. The summed E-state index contributed by atoms with van der Waals surface area (Å²) in [7, 11) is 0. The first-order chi connectivity index (χ1) is 5.49. The second-order valence-corrected chi connectivity index (χ2v) is 2.56. The molecule has 1 N–H and O–H groups in total. The molecule has 0 fully saturated rings. The molecule has 12 heavy (non-hydrogen) atoms. The number of aliphatic hydroxyl groups is 1. The van der Waals surface area contributed by atoms with Crippen molar-refractivity contribution in [2.75, 3.05) is 26.2 Å². The van der Waals surface area contributed by atoms with Gasteiger partial charge < -0.3 is 5.11 Å². The summed E-state index contributed by atoms with van der Waals surface area (Å²) in [5, 5.41) is 8.40. The highest BCUT2D eigenvalue weighted by molar-refractivity contribution is 4.61. The zero-order valence-corrected chi connectivity index (χ0v) is 7.06. The minimum absolute atomic E-state index is 0.0612. The van der Waals surface area contributed by atoms with Crippen LogP contribution in [0.15, 0.2) is 0 Å². The smallest absolute Gasteiger partial charge is 0.396 e. The van der Waals surface area contributed by atoms with E-state index in [1.807, 2.05) is 0 Å². The molecule has 0 amide bonds. The van der Waals surface area contributed by atoms with Gasteiger partial charge in [0.1, 0.15) is 0 Å². The summed E-state index contributed by atoms with van der Waals surface area (Å²) in [6.45, 7) is 1.38. The molecule has 0 unspecified atom stereocenters. The maximum Gasteiger partial charge on any atom is 0.401 e. The molecule has 0 aromatic carbocycles. The molecule has 0 aliphatic rings.